The Hall–Kier alpha value is 1.38. The molecule has 0 saturated heterocycles. The van der Waals surface area contributed by atoms with Gasteiger partial charge in [0.1, 0.15) is 0 Å². The summed E-state index contributed by atoms with van der Waals surface area (Å²) in [7, 11) is 13.4. The summed E-state index contributed by atoms with van der Waals surface area (Å²) < 4.78 is 2.28. The van der Waals surface area contributed by atoms with Crippen LogP contribution in [0.5, 0.6) is 0 Å². The summed E-state index contributed by atoms with van der Waals surface area (Å²) in [6, 6.07) is 0. The normalized spacial score (nSPS) is 15.0. The molecule has 0 spiro atoms. The molecule has 4 heteroatoms. The minimum Gasteiger partial charge on any atom is -0.324 e. The molecule has 0 atom stereocenters. The van der Waals surface area contributed by atoms with Crippen molar-refractivity contribution < 1.29 is 8.97 Å². The third kappa shape index (κ3) is 4.57. The molecule has 0 heterocycles. The van der Waals surface area contributed by atoms with Crippen LogP contribution < -0.4 is 0 Å². The van der Waals surface area contributed by atoms with E-state index in [1.165, 1.54) is 0 Å². The molecule has 12 heavy (non-hydrogen) atoms. The maximum atomic E-state index is 2.55. The molecular weight excluding hydrogens is 378 g/mol. The van der Waals surface area contributed by atoms with E-state index in [1.807, 2.05) is 0 Å². The predicted molar refractivity (Wildman–Crippen MR) is 71.7 cm³/mol. The summed E-state index contributed by atoms with van der Waals surface area (Å²) in [6.45, 7) is 1.16. The van der Waals surface area contributed by atoms with Crippen LogP contribution in [0.4, 0.5) is 0 Å². The van der Waals surface area contributed by atoms with E-state index in [1.54, 1.807) is 0 Å². The molecule has 74 valence electrons. The number of quaternary nitrogens is 2. The average molecular weight is 398 g/mol. The zero-order valence-electron chi connectivity index (χ0n) is 8.86. The molecule has 0 fully saturated rings. The lowest BCUT2D eigenvalue weighted by atomic mass is 10.4. The van der Waals surface area contributed by atoms with Crippen molar-refractivity contribution in [2.75, 3.05) is 48.8 Å². The van der Waals surface area contributed by atoms with Crippen molar-refractivity contribution in [2.45, 2.75) is 1.55 Å². The first-order valence-electron chi connectivity index (χ1n) is 3.95. The van der Waals surface area contributed by atoms with Gasteiger partial charge in [0.05, 0.1) is 42.3 Å². The number of alkyl halides is 2. The zero-order chi connectivity index (χ0) is 10.2. The number of rotatable bonds is 3. The van der Waals surface area contributed by atoms with Crippen molar-refractivity contribution in [2.24, 2.45) is 0 Å². The quantitative estimate of drug-likeness (QED) is 0.295. The fraction of sp³-hybridized carbons (Fsp3) is 1.00. The second-order valence-electron chi connectivity index (χ2n) is 5.13. The van der Waals surface area contributed by atoms with E-state index in [-0.39, 0.29) is 1.55 Å². The fourth-order valence-corrected chi connectivity index (χ4v) is 2.83. The Bertz CT molecular complexity index is 153. The third-order valence-corrected chi connectivity index (χ3v) is 5.22. The predicted octanol–water partition coefficient (Wildman–Crippen LogP) is 1.92. The average Bonchev–Trinajstić information content (AvgIpc) is 1.52. The SMILES string of the molecule is C[N+](C)(C)CC(I)(I)[N+](C)(C)C. The summed E-state index contributed by atoms with van der Waals surface area (Å²) in [5.41, 5.74) is 0. The molecule has 0 aliphatic rings. The lowest BCUT2D eigenvalue weighted by Gasteiger charge is -2.41. The highest BCUT2D eigenvalue weighted by atomic mass is 127. The molecule has 0 rings (SSSR count). The first kappa shape index (κ1) is 13.4. The highest BCUT2D eigenvalue weighted by Crippen LogP contribution is 2.36. The van der Waals surface area contributed by atoms with Crippen LogP contribution >= 0.6 is 45.2 Å². The van der Waals surface area contributed by atoms with Gasteiger partial charge in [0, 0.05) is 45.2 Å². The van der Waals surface area contributed by atoms with Crippen LogP contribution in [0.3, 0.4) is 0 Å². The van der Waals surface area contributed by atoms with Gasteiger partial charge < -0.3 is 8.97 Å². The summed E-state index contributed by atoms with van der Waals surface area (Å²) >= 11 is 5.10. The van der Waals surface area contributed by atoms with Gasteiger partial charge in [-0.1, -0.05) is 0 Å². The van der Waals surface area contributed by atoms with Gasteiger partial charge in [0.25, 0.3) is 0 Å². The molecule has 0 N–H and O–H groups in total. The van der Waals surface area contributed by atoms with E-state index >= 15 is 0 Å². The van der Waals surface area contributed by atoms with Gasteiger partial charge in [-0.15, -0.1) is 0 Å². The monoisotopic (exact) mass is 398 g/mol. The van der Waals surface area contributed by atoms with Crippen LogP contribution in [-0.2, 0) is 0 Å². The van der Waals surface area contributed by atoms with E-state index in [0.29, 0.717) is 0 Å². The van der Waals surface area contributed by atoms with Gasteiger partial charge >= 0.3 is 0 Å². The van der Waals surface area contributed by atoms with Gasteiger partial charge in [0.2, 0.25) is 1.55 Å². The Kier molecular flexibility index (Phi) is 4.30. The van der Waals surface area contributed by atoms with Gasteiger partial charge in [-0.2, -0.15) is 0 Å². The molecule has 0 aromatic carbocycles. The van der Waals surface area contributed by atoms with Gasteiger partial charge in [0.15, 0.2) is 6.54 Å². The summed E-state index contributed by atoms with van der Waals surface area (Å²) in [6.07, 6.45) is 0. The molecule has 0 amide bonds. The number of hydrogen-bond donors (Lipinski definition) is 0. The summed E-state index contributed by atoms with van der Waals surface area (Å²) in [5, 5.41) is 0. The minimum atomic E-state index is 0.272. The molecule has 0 aromatic rings. The second kappa shape index (κ2) is 3.86. The maximum absolute atomic E-state index is 2.55. The smallest absolute Gasteiger partial charge is 0.246 e. The Morgan fingerprint density at radius 2 is 1.25 bits per heavy atom. The Balaban J connectivity index is 4.44. The second-order valence-corrected chi connectivity index (χ2v) is 10.8. The van der Waals surface area contributed by atoms with Crippen molar-refractivity contribution in [1.29, 1.82) is 0 Å². The Morgan fingerprint density at radius 1 is 0.917 bits per heavy atom. The molecular formula is C8H20I2N2+2. The van der Waals surface area contributed by atoms with Crippen molar-refractivity contribution in [1.82, 2.24) is 0 Å². The zero-order valence-corrected chi connectivity index (χ0v) is 13.2. The van der Waals surface area contributed by atoms with Gasteiger partial charge in [-0.05, 0) is 0 Å². The molecule has 0 aliphatic heterocycles. The standard InChI is InChI=1S/C8H20I2N2/c1-11(2,3)7-8(9,10)12(4,5)6/h7H2,1-6H3/q+2. The summed E-state index contributed by atoms with van der Waals surface area (Å²) in [4.78, 5) is 0. The van der Waals surface area contributed by atoms with Crippen LogP contribution in [0.15, 0.2) is 0 Å². The van der Waals surface area contributed by atoms with E-state index < -0.39 is 0 Å². The molecule has 0 aromatic heterocycles. The largest absolute Gasteiger partial charge is 0.324 e. The molecule has 0 saturated carbocycles. The Labute approximate surface area is 104 Å². The number of nitrogens with zero attached hydrogens (tertiary/aromatic N) is 2. The van der Waals surface area contributed by atoms with E-state index in [0.717, 1.165) is 15.5 Å². The fourth-order valence-electron chi connectivity index (χ4n) is 0.783. The van der Waals surface area contributed by atoms with Gasteiger partial charge in [-0.25, -0.2) is 0 Å². The van der Waals surface area contributed by atoms with Crippen molar-refractivity contribution in [3.05, 3.63) is 0 Å². The van der Waals surface area contributed by atoms with Crippen molar-refractivity contribution in [3.63, 3.8) is 0 Å². The first-order valence-corrected chi connectivity index (χ1v) is 6.11. The lowest BCUT2D eigenvalue weighted by Crippen LogP contribution is -2.57. The molecule has 0 radical (unpaired) electrons. The highest BCUT2D eigenvalue weighted by molar-refractivity contribution is 14.2. The van der Waals surface area contributed by atoms with Gasteiger partial charge in [-0.3, -0.25) is 0 Å². The van der Waals surface area contributed by atoms with Crippen LogP contribution in [0, 0.1) is 0 Å². The van der Waals surface area contributed by atoms with Crippen LogP contribution in [-0.4, -0.2) is 59.3 Å². The minimum absolute atomic E-state index is 0.272. The number of hydrogen-bond acceptors (Lipinski definition) is 0. The highest BCUT2D eigenvalue weighted by Gasteiger charge is 2.42. The number of likely N-dealkylation sites (N-methyl/N-ethyl adjacent to an activating group) is 2. The van der Waals surface area contributed by atoms with E-state index in [4.69, 9.17) is 0 Å². The lowest BCUT2D eigenvalue weighted by molar-refractivity contribution is -0.935. The van der Waals surface area contributed by atoms with Crippen molar-refractivity contribution in [3.8, 4) is 0 Å². The number of halogens is 2. The molecule has 0 aliphatic carbocycles. The summed E-state index contributed by atoms with van der Waals surface area (Å²) in [5.74, 6) is 0. The van der Waals surface area contributed by atoms with Crippen LogP contribution in [0.25, 0.3) is 0 Å². The van der Waals surface area contributed by atoms with Crippen LogP contribution in [0.2, 0.25) is 0 Å². The molecule has 0 unspecified atom stereocenters. The maximum Gasteiger partial charge on any atom is 0.246 e. The van der Waals surface area contributed by atoms with Crippen molar-refractivity contribution >= 4 is 45.2 Å². The topological polar surface area (TPSA) is 0 Å². The third-order valence-electron chi connectivity index (χ3n) is 1.65. The first-order chi connectivity index (χ1) is 4.96. The Morgan fingerprint density at radius 3 is 1.33 bits per heavy atom. The molecule has 0 bridgehead atoms. The van der Waals surface area contributed by atoms with Crippen LogP contribution in [0.1, 0.15) is 0 Å². The van der Waals surface area contributed by atoms with E-state index in [2.05, 4.69) is 87.5 Å². The van der Waals surface area contributed by atoms with E-state index in [9.17, 15) is 0 Å². The molecule has 2 nitrogen and oxygen atoms in total.